The van der Waals surface area contributed by atoms with E-state index >= 15 is 0 Å². The van der Waals surface area contributed by atoms with Gasteiger partial charge in [-0.15, -0.1) is 0 Å². The summed E-state index contributed by atoms with van der Waals surface area (Å²) in [4.78, 5) is 11.7. The van der Waals surface area contributed by atoms with Gasteiger partial charge in [-0.3, -0.25) is 4.79 Å². The number of carbonyl (C=O) groups excluding carboxylic acids is 1. The normalized spacial score (nSPS) is 9.90. The largest absolute Gasteiger partial charge is 0.325 e. The first-order chi connectivity index (χ1) is 10.2. The molecule has 0 radical (unpaired) electrons. The van der Waals surface area contributed by atoms with Crippen LogP contribution >= 0.6 is 0 Å². The summed E-state index contributed by atoms with van der Waals surface area (Å²) in [6, 6.07) is 14.8. The summed E-state index contributed by atoms with van der Waals surface area (Å²) in [6.07, 6.45) is 0. The third-order valence-corrected chi connectivity index (χ3v) is 2.80. The van der Waals surface area contributed by atoms with E-state index in [1.807, 2.05) is 6.07 Å². The molecule has 0 aliphatic carbocycles. The van der Waals surface area contributed by atoms with Gasteiger partial charge >= 0.3 is 0 Å². The Morgan fingerprint density at radius 1 is 1.19 bits per heavy atom. The second kappa shape index (κ2) is 7.17. The quantitative estimate of drug-likeness (QED) is 0.885. The van der Waals surface area contributed by atoms with Crippen LogP contribution in [0, 0.1) is 17.1 Å². The van der Waals surface area contributed by atoms with Crippen LogP contribution in [0.5, 0.6) is 0 Å². The average Bonchev–Trinajstić information content (AvgIpc) is 2.49. The second-order valence-electron chi connectivity index (χ2n) is 4.47. The maximum atomic E-state index is 12.7. The summed E-state index contributed by atoms with van der Waals surface area (Å²) < 4.78 is 12.7. The van der Waals surface area contributed by atoms with E-state index < -0.39 is 0 Å². The first kappa shape index (κ1) is 14.7. The van der Waals surface area contributed by atoms with Gasteiger partial charge in [0, 0.05) is 12.2 Å². The lowest BCUT2D eigenvalue weighted by Crippen LogP contribution is -2.27. The van der Waals surface area contributed by atoms with Gasteiger partial charge in [0.05, 0.1) is 18.2 Å². The van der Waals surface area contributed by atoms with Crippen molar-refractivity contribution in [2.75, 3.05) is 11.9 Å². The number of halogens is 1. The number of nitrogens with one attached hydrogen (secondary N) is 2. The molecule has 0 heterocycles. The summed E-state index contributed by atoms with van der Waals surface area (Å²) >= 11 is 0. The predicted octanol–water partition coefficient (Wildman–Crippen LogP) is 2.43. The van der Waals surface area contributed by atoms with Gasteiger partial charge < -0.3 is 10.6 Å². The van der Waals surface area contributed by atoms with Gasteiger partial charge in [-0.25, -0.2) is 4.39 Å². The van der Waals surface area contributed by atoms with Crippen molar-refractivity contribution in [1.29, 1.82) is 5.26 Å². The van der Waals surface area contributed by atoms with Gasteiger partial charge in [0.15, 0.2) is 0 Å². The van der Waals surface area contributed by atoms with E-state index in [-0.39, 0.29) is 18.3 Å². The molecule has 4 nitrogen and oxygen atoms in total. The average molecular weight is 283 g/mol. The molecule has 0 aliphatic heterocycles. The van der Waals surface area contributed by atoms with Crippen LogP contribution in [0.4, 0.5) is 10.1 Å². The SMILES string of the molecule is N#Cc1cccc(NC(=O)CNCc2ccc(F)cc2)c1. The van der Waals surface area contributed by atoms with Crippen molar-refractivity contribution in [3.8, 4) is 6.07 Å². The lowest BCUT2D eigenvalue weighted by Gasteiger charge is -2.07. The lowest BCUT2D eigenvalue weighted by molar-refractivity contribution is -0.115. The van der Waals surface area contributed by atoms with Crippen LogP contribution in [-0.2, 0) is 11.3 Å². The monoisotopic (exact) mass is 283 g/mol. The Hall–Kier alpha value is -2.71. The number of nitrogens with zero attached hydrogens (tertiary/aromatic N) is 1. The Morgan fingerprint density at radius 3 is 2.67 bits per heavy atom. The van der Waals surface area contributed by atoms with Gasteiger partial charge in [-0.1, -0.05) is 18.2 Å². The van der Waals surface area contributed by atoms with Crippen molar-refractivity contribution in [1.82, 2.24) is 5.32 Å². The Morgan fingerprint density at radius 2 is 1.95 bits per heavy atom. The second-order valence-corrected chi connectivity index (χ2v) is 4.47. The molecule has 0 saturated heterocycles. The van der Waals surface area contributed by atoms with Crippen LogP contribution in [0.15, 0.2) is 48.5 Å². The van der Waals surface area contributed by atoms with Crippen LogP contribution in [0.1, 0.15) is 11.1 Å². The molecule has 2 aromatic rings. The van der Waals surface area contributed by atoms with E-state index in [4.69, 9.17) is 5.26 Å². The number of hydrogen-bond acceptors (Lipinski definition) is 3. The molecule has 0 aromatic heterocycles. The minimum Gasteiger partial charge on any atom is -0.325 e. The molecule has 0 fully saturated rings. The van der Waals surface area contributed by atoms with Crippen LogP contribution in [0.3, 0.4) is 0 Å². The third-order valence-electron chi connectivity index (χ3n) is 2.80. The van der Waals surface area contributed by atoms with Gasteiger partial charge in [-0.2, -0.15) is 5.26 Å². The van der Waals surface area contributed by atoms with E-state index in [9.17, 15) is 9.18 Å². The summed E-state index contributed by atoms with van der Waals surface area (Å²) in [5.74, 6) is -0.485. The first-order valence-electron chi connectivity index (χ1n) is 6.42. The zero-order valence-corrected chi connectivity index (χ0v) is 11.3. The van der Waals surface area contributed by atoms with Crippen LogP contribution in [-0.4, -0.2) is 12.5 Å². The van der Waals surface area contributed by atoms with Crippen LogP contribution in [0.2, 0.25) is 0 Å². The van der Waals surface area contributed by atoms with Gasteiger partial charge in [0.2, 0.25) is 5.91 Å². The molecule has 2 rings (SSSR count). The molecular weight excluding hydrogens is 269 g/mol. The lowest BCUT2D eigenvalue weighted by atomic mass is 10.2. The number of hydrogen-bond donors (Lipinski definition) is 2. The minimum atomic E-state index is -0.283. The van der Waals surface area contributed by atoms with E-state index in [1.165, 1.54) is 12.1 Å². The minimum absolute atomic E-state index is 0.133. The van der Waals surface area contributed by atoms with Crippen molar-refractivity contribution < 1.29 is 9.18 Å². The standard InChI is InChI=1S/C16H14FN3O/c17-14-6-4-12(5-7-14)10-19-11-16(21)20-15-3-1-2-13(8-15)9-18/h1-8,19H,10-11H2,(H,20,21). The number of nitriles is 1. The highest BCUT2D eigenvalue weighted by Crippen LogP contribution is 2.09. The summed E-state index contributed by atoms with van der Waals surface area (Å²) in [5.41, 5.74) is 1.98. The molecule has 106 valence electrons. The summed E-state index contributed by atoms with van der Waals surface area (Å²) in [6.45, 7) is 0.611. The molecule has 1 amide bonds. The van der Waals surface area contributed by atoms with Crippen LogP contribution < -0.4 is 10.6 Å². The fraction of sp³-hybridized carbons (Fsp3) is 0.125. The molecular formula is C16H14FN3O. The highest BCUT2D eigenvalue weighted by atomic mass is 19.1. The Bertz CT molecular complexity index is 662. The number of anilines is 1. The molecule has 0 aliphatic rings. The Kier molecular flexibility index (Phi) is 5.02. The van der Waals surface area contributed by atoms with Crippen molar-refractivity contribution in [3.05, 3.63) is 65.5 Å². The molecule has 0 bridgehead atoms. The predicted molar refractivity (Wildman–Crippen MR) is 77.9 cm³/mol. The van der Waals surface area contributed by atoms with E-state index in [2.05, 4.69) is 10.6 Å². The zero-order valence-electron chi connectivity index (χ0n) is 11.3. The van der Waals surface area contributed by atoms with E-state index in [0.29, 0.717) is 17.8 Å². The highest BCUT2D eigenvalue weighted by Gasteiger charge is 2.03. The topological polar surface area (TPSA) is 64.9 Å². The van der Waals surface area contributed by atoms with Crippen LogP contribution in [0.25, 0.3) is 0 Å². The highest BCUT2D eigenvalue weighted by molar-refractivity contribution is 5.92. The van der Waals surface area contributed by atoms with Crippen molar-refractivity contribution in [2.45, 2.75) is 6.54 Å². The number of benzene rings is 2. The van der Waals surface area contributed by atoms with Crippen molar-refractivity contribution in [2.24, 2.45) is 0 Å². The third kappa shape index (κ3) is 4.71. The van der Waals surface area contributed by atoms with E-state index in [1.54, 1.807) is 36.4 Å². The summed E-state index contributed by atoms with van der Waals surface area (Å²) in [5, 5.41) is 14.5. The molecule has 0 saturated carbocycles. The smallest absolute Gasteiger partial charge is 0.238 e. The maximum absolute atomic E-state index is 12.7. The molecule has 0 unspecified atom stereocenters. The van der Waals surface area contributed by atoms with Gasteiger partial charge in [0.25, 0.3) is 0 Å². The van der Waals surface area contributed by atoms with Crippen molar-refractivity contribution >= 4 is 11.6 Å². The summed E-state index contributed by atoms with van der Waals surface area (Å²) in [7, 11) is 0. The van der Waals surface area contributed by atoms with Crippen molar-refractivity contribution in [3.63, 3.8) is 0 Å². The maximum Gasteiger partial charge on any atom is 0.238 e. The molecule has 2 N–H and O–H groups in total. The Balaban J connectivity index is 1.79. The zero-order chi connectivity index (χ0) is 15.1. The number of carbonyl (C=O) groups is 1. The first-order valence-corrected chi connectivity index (χ1v) is 6.42. The fourth-order valence-electron chi connectivity index (χ4n) is 1.79. The number of rotatable bonds is 5. The fourth-order valence-corrected chi connectivity index (χ4v) is 1.79. The number of amides is 1. The molecule has 21 heavy (non-hydrogen) atoms. The molecule has 0 spiro atoms. The molecule has 0 atom stereocenters. The molecule has 2 aromatic carbocycles. The Labute approximate surface area is 122 Å². The molecule has 5 heteroatoms. The van der Waals surface area contributed by atoms with E-state index in [0.717, 1.165) is 5.56 Å². The van der Waals surface area contributed by atoms with Gasteiger partial charge in [0.1, 0.15) is 5.82 Å². The van der Waals surface area contributed by atoms with Gasteiger partial charge in [-0.05, 0) is 35.9 Å².